The Morgan fingerprint density at radius 2 is 1.69 bits per heavy atom. The Kier molecular flexibility index (Phi) is 6.79. The van der Waals surface area contributed by atoms with E-state index in [2.05, 4.69) is 10.6 Å². The van der Waals surface area contributed by atoms with Crippen LogP contribution in [0.4, 0.5) is 11.4 Å². The molecule has 0 bridgehead atoms. The summed E-state index contributed by atoms with van der Waals surface area (Å²) in [5.41, 5.74) is 7.51. The largest absolute Gasteiger partial charge is 0.481 e. The van der Waals surface area contributed by atoms with Crippen molar-refractivity contribution in [3.63, 3.8) is 0 Å². The molecular formula is C23H24N4O4S. The van der Waals surface area contributed by atoms with Crippen LogP contribution in [0.25, 0.3) is 0 Å². The zero-order chi connectivity index (χ0) is 23.3. The van der Waals surface area contributed by atoms with Gasteiger partial charge in [-0.3, -0.25) is 10.2 Å². The normalized spacial score (nSPS) is 12.0. The van der Waals surface area contributed by atoms with Gasteiger partial charge in [0.2, 0.25) is 9.84 Å². The summed E-state index contributed by atoms with van der Waals surface area (Å²) < 4.78 is 26.9. The van der Waals surface area contributed by atoms with Gasteiger partial charge in [0.15, 0.2) is 5.96 Å². The number of aliphatic carboxylic acids is 1. The summed E-state index contributed by atoms with van der Waals surface area (Å²) in [6.45, 7) is 0. The predicted octanol–water partition coefficient (Wildman–Crippen LogP) is 3.47. The van der Waals surface area contributed by atoms with Crippen molar-refractivity contribution in [3.8, 4) is 0 Å². The quantitative estimate of drug-likeness (QED) is 0.260. The van der Waals surface area contributed by atoms with Gasteiger partial charge >= 0.3 is 5.97 Å². The Hall–Kier alpha value is -3.85. The first-order valence-electron chi connectivity index (χ1n) is 9.77. The third-order valence-corrected chi connectivity index (χ3v) is 6.81. The van der Waals surface area contributed by atoms with Crippen molar-refractivity contribution < 1.29 is 18.3 Å². The minimum atomic E-state index is -3.92. The number of benzene rings is 3. The molecule has 1 unspecified atom stereocenters. The molecule has 3 aromatic carbocycles. The Balaban J connectivity index is 2.11. The van der Waals surface area contributed by atoms with E-state index in [-0.39, 0.29) is 22.2 Å². The number of nitrogens with two attached hydrogens (primary N) is 1. The smallest absolute Gasteiger partial charge is 0.304 e. The first-order valence-corrected chi connectivity index (χ1v) is 11.3. The van der Waals surface area contributed by atoms with Crippen molar-refractivity contribution in [3.05, 3.63) is 83.9 Å². The van der Waals surface area contributed by atoms with Crippen LogP contribution in [-0.4, -0.2) is 32.5 Å². The average Bonchev–Trinajstić information content (AvgIpc) is 2.77. The van der Waals surface area contributed by atoms with E-state index in [0.717, 1.165) is 5.56 Å². The second-order valence-electron chi connectivity index (χ2n) is 7.10. The highest BCUT2D eigenvalue weighted by molar-refractivity contribution is 7.91. The van der Waals surface area contributed by atoms with Crippen LogP contribution in [0.2, 0.25) is 0 Å². The molecule has 1 atom stereocenters. The summed E-state index contributed by atoms with van der Waals surface area (Å²) >= 11 is 0. The van der Waals surface area contributed by atoms with E-state index in [9.17, 15) is 18.3 Å². The van der Waals surface area contributed by atoms with E-state index in [1.807, 2.05) is 30.3 Å². The van der Waals surface area contributed by atoms with Crippen LogP contribution in [0.3, 0.4) is 0 Å². The zero-order valence-corrected chi connectivity index (χ0v) is 18.2. The molecule has 0 aliphatic carbocycles. The van der Waals surface area contributed by atoms with Crippen LogP contribution in [0, 0.1) is 5.41 Å². The lowest BCUT2D eigenvalue weighted by atomic mass is 9.87. The van der Waals surface area contributed by atoms with E-state index in [0.29, 0.717) is 16.9 Å². The molecule has 3 rings (SSSR count). The molecule has 0 radical (unpaired) electrons. The third-order valence-electron chi connectivity index (χ3n) is 5.00. The number of nitrogens with one attached hydrogen (secondary N) is 3. The van der Waals surface area contributed by atoms with Gasteiger partial charge < -0.3 is 21.5 Å². The number of hydrogen-bond acceptors (Lipinski definition) is 5. The highest BCUT2D eigenvalue weighted by Gasteiger charge is 2.27. The molecule has 0 aliphatic rings. The molecule has 0 saturated heterocycles. The zero-order valence-electron chi connectivity index (χ0n) is 17.4. The summed E-state index contributed by atoms with van der Waals surface area (Å²) in [4.78, 5) is 11.7. The second-order valence-corrected chi connectivity index (χ2v) is 9.02. The Bertz CT molecular complexity index is 1230. The monoisotopic (exact) mass is 452 g/mol. The number of carboxylic acids is 1. The fourth-order valence-corrected chi connectivity index (χ4v) is 5.09. The van der Waals surface area contributed by atoms with E-state index in [1.54, 1.807) is 19.2 Å². The molecule has 166 valence electrons. The molecule has 8 nitrogen and oxygen atoms in total. The first-order chi connectivity index (χ1) is 15.2. The lowest BCUT2D eigenvalue weighted by molar-refractivity contribution is -0.137. The van der Waals surface area contributed by atoms with Crippen LogP contribution >= 0.6 is 0 Å². The molecule has 6 N–H and O–H groups in total. The second kappa shape index (κ2) is 9.52. The number of sulfone groups is 1. The summed E-state index contributed by atoms with van der Waals surface area (Å²) in [6, 6.07) is 19.9. The van der Waals surface area contributed by atoms with Crippen LogP contribution in [0.5, 0.6) is 0 Å². The lowest BCUT2D eigenvalue weighted by Crippen LogP contribution is -2.20. The van der Waals surface area contributed by atoms with Gasteiger partial charge in [-0.1, -0.05) is 42.5 Å². The predicted molar refractivity (Wildman–Crippen MR) is 124 cm³/mol. The molecule has 0 heterocycles. The highest BCUT2D eigenvalue weighted by atomic mass is 32.2. The number of carboxylic acid groups (broad SMARTS) is 1. The van der Waals surface area contributed by atoms with E-state index in [1.165, 1.54) is 30.3 Å². The molecule has 0 fully saturated rings. The maximum atomic E-state index is 13.4. The summed E-state index contributed by atoms with van der Waals surface area (Å²) in [7, 11) is -2.30. The van der Waals surface area contributed by atoms with Crippen molar-refractivity contribution in [1.82, 2.24) is 0 Å². The Morgan fingerprint density at radius 3 is 2.25 bits per heavy atom. The minimum Gasteiger partial charge on any atom is -0.481 e. The summed E-state index contributed by atoms with van der Waals surface area (Å²) in [5.74, 6) is -1.77. The van der Waals surface area contributed by atoms with Gasteiger partial charge in [-0.15, -0.1) is 0 Å². The number of rotatable bonds is 8. The van der Waals surface area contributed by atoms with Gasteiger partial charge in [0.1, 0.15) is 0 Å². The van der Waals surface area contributed by atoms with Crippen molar-refractivity contribution in [2.75, 3.05) is 17.7 Å². The molecule has 0 aliphatic heterocycles. The summed E-state index contributed by atoms with van der Waals surface area (Å²) in [6.07, 6.45) is -0.187. The summed E-state index contributed by atoms with van der Waals surface area (Å²) in [5, 5.41) is 22.4. The first kappa shape index (κ1) is 22.8. The number of guanidine groups is 1. The standard InChI is InChI=1S/C23H24N4O4S/c1-26-22-18(19(14-21(28)29)15-6-3-2-4-7-15)8-5-9-20(22)32(30,31)17-12-10-16(11-13-17)27-23(24)25/h2-13,19,26H,14H2,1H3,(H,28,29)(H4,24,25,27). The lowest BCUT2D eigenvalue weighted by Gasteiger charge is -2.22. The fraction of sp³-hybridized carbons (Fsp3) is 0.130. The Labute approximate surface area is 186 Å². The van der Waals surface area contributed by atoms with Crippen molar-refractivity contribution in [2.45, 2.75) is 22.1 Å². The van der Waals surface area contributed by atoms with E-state index < -0.39 is 21.7 Å². The molecule has 32 heavy (non-hydrogen) atoms. The van der Waals surface area contributed by atoms with Crippen LogP contribution in [0.15, 0.2) is 82.6 Å². The average molecular weight is 453 g/mol. The van der Waals surface area contributed by atoms with Gasteiger partial charge in [-0.05, 0) is 41.5 Å². The van der Waals surface area contributed by atoms with Gasteiger partial charge in [0.05, 0.1) is 21.9 Å². The molecule has 0 amide bonds. The molecule has 0 spiro atoms. The number of carbonyl (C=O) groups is 1. The van der Waals surface area contributed by atoms with Crippen LogP contribution in [-0.2, 0) is 14.6 Å². The maximum Gasteiger partial charge on any atom is 0.304 e. The number of hydrogen-bond donors (Lipinski definition) is 5. The van der Waals surface area contributed by atoms with Crippen molar-refractivity contribution in [1.29, 1.82) is 5.41 Å². The van der Waals surface area contributed by atoms with Gasteiger partial charge in [-0.25, -0.2) is 8.42 Å². The van der Waals surface area contributed by atoms with E-state index in [4.69, 9.17) is 11.1 Å². The third kappa shape index (κ3) is 4.89. The Morgan fingerprint density at radius 1 is 1.03 bits per heavy atom. The van der Waals surface area contributed by atoms with Crippen LogP contribution < -0.4 is 16.4 Å². The maximum absolute atomic E-state index is 13.4. The topological polar surface area (TPSA) is 145 Å². The minimum absolute atomic E-state index is 0.0519. The van der Waals surface area contributed by atoms with Crippen LogP contribution in [0.1, 0.15) is 23.5 Å². The molecule has 9 heteroatoms. The van der Waals surface area contributed by atoms with Crippen molar-refractivity contribution in [2.24, 2.45) is 5.73 Å². The highest BCUT2D eigenvalue weighted by Crippen LogP contribution is 2.38. The van der Waals surface area contributed by atoms with Gasteiger partial charge in [-0.2, -0.15) is 0 Å². The van der Waals surface area contributed by atoms with Crippen molar-refractivity contribution >= 4 is 33.1 Å². The number of para-hydroxylation sites is 1. The van der Waals surface area contributed by atoms with Gasteiger partial charge in [0.25, 0.3) is 0 Å². The molecule has 0 aromatic heterocycles. The fourth-order valence-electron chi connectivity index (χ4n) is 3.60. The molecular weight excluding hydrogens is 428 g/mol. The molecule has 3 aromatic rings. The van der Waals surface area contributed by atoms with Gasteiger partial charge in [0, 0.05) is 18.7 Å². The molecule has 0 saturated carbocycles. The number of anilines is 2. The SMILES string of the molecule is CNc1c(C(CC(=O)O)c2ccccc2)cccc1S(=O)(=O)c1ccc(NC(=N)N)cc1. The van der Waals surface area contributed by atoms with E-state index >= 15 is 0 Å².